The molecule has 2 aromatic heterocycles. The van der Waals surface area contributed by atoms with Crippen molar-refractivity contribution in [2.45, 2.75) is 0 Å². The van der Waals surface area contributed by atoms with Crippen molar-refractivity contribution in [1.82, 2.24) is 4.57 Å². The molecule has 0 atom stereocenters. The summed E-state index contributed by atoms with van der Waals surface area (Å²) >= 11 is 1.86. The molecule has 0 unspecified atom stereocenters. The summed E-state index contributed by atoms with van der Waals surface area (Å²) in [6.45, 7) is 0. The summed E-state index contributed by atoms with van der Waals surface area (Å²) in [6.07, 6.45) is 0. The zero-order valence-corrected chi connectivity index (χ0v) is 36.2. The van der Waals surface area contributed by atoms with E-state index < -0.39 is 0 Å². The molecule has 3 heteroatoms. The van der Waals surface area contributed by atoms with Crippen molar-refractivity contribution in [3.63, 3.8) is 0 Å². The molecule has 0 saturated heterocycles. The Hall–Kier alpha value is -8.24. The van der Waals surface area contributed by atoms with Gasteiger partial charge in [-0.3, -0.25) is 0 Å². The Kier molecular flexibility index (Phi) is 8.75. The lowest BCUT2D eigenvalue weighted by molar-refractivity contribution is 1.18. The van der Waals surface area contributed by atoms with Crippen molar-refractivity contribution in [2.24, 2.45) is 0 Å². The zero-order chi connectivity index (χ0) is 42.8. The van der Waals surface area contributed by atoms with Gasteiger partial charge in [0.2, 0.25) is 0 Å². The van der Waals surface area contributed by atoms with Gasteiger partial charge < -0.3 is 9.47 Å². The highest BCUT2D eigenvalue weighted by atomic mass is 32.1. The van der Waals surface area contributed by atoms with E-state index in [2.05, 4.69) is 252 Å². The first-order chi connectivity index (χ1) is 32.2. The molecular weight excluding hydrogens is 805 g/mol. The summed E-state index contributed by atoms with van der Waals surface area (Å²) in [4.78, 5) is 2.46. The van der Waals surface area contributed by atoms with Crippen molar-refractivity contribution < 1.29 is 0 Å². The maximum atomic E-state index is 2.46. The van der Waals surface area contributed by atoms with Gasteiger partial charge in [0, 0.05) is 53.6 Å². The first-order valence-corrected chi connectivity index (χ1v) is 23.0. The summed E-state index contributed by atoms with van der Waals surface area (Å²) < 4.78 is 5.03. The molecular formula is C62H40N2S. The lowest BCUT2D eigenvalue weighted by atomic mass is 9.96. The van der Waals surface area contributed by atoms with Gasteiger partial charge >= 0.3 is 0 Å². The summed E-state index contributed by atoms with van der Waals surface area (Å²) in [5.74, 6) is 0. The van der Waals surface area contributed by atoms with Crippen LogP contribution in [0.4, 0.5) is 17.1 Å². The monoisotopic (exact) mass is 844 g/mol. The molecule has 0 N–H and O–H groups in total. The largest absolute Gasteiger partial charge is 0.310 e. The second-order valence-corrected chi connectivity index (χ2v) is 18.0. The van der Waals surface area contributed by atoms with Crippen molar-refractivity contribution in [2.75, 3.05) is 4.90 Å². The fourth-order valence-electron chi connectivity index (χ4n) is 9.94. The summed E-state index contributed by atoms with van der Waals surface area (Å²) in [5, 5.41) is 10.00. The summed E-state index contributed by atoms with van der Waals surface area (Å²) in [7, 11) is 0. The van der Waals surface area contributed by atoms with E-state index in [0.717, 1.165) is 28.3 Å². The number of benzene rings is 11. The number of fused-ring (bicyclic) bond motifs is 8. The second kappa shape index (κ2) is 15.2. The Morgan fingerprint density at radius 1 is 0.308 bits per heavy atom. The Labute approximate surface area is 381 Å². The number of thiophene rings is 1. The minimum atomic E-state index is 1.08. The topological polar surface area (TPSA) is 8.17 Å². The molecule has 2 nitrogen and oxygen atoms in total. The van der Waals surface area contributed by atoms with Crippen LogP contribution in [0.1, 0.15) is 0 Å². The van der Waals surface area contributed by atoms with Crippen LogP contribution in [0.3, 0.4) is 0 Å². The van der Waals surface area contributed by atoms with Gasteiger partial charge in [0.05, 0.1) is 16.7 Å². The molecule has 65 heavy (non-hydrogen) atoms. The lowest BCUT2D eigenvalue weighted by Gasteiger charge is -2.29. The summed E-state index contributed by atoms with van der Waals surface area (Å²) in [5.41, 5.74) is 13.9. The normalized spacial score (nSPS) is 11.7. The SMILES string of the molecule is c1ccc(-n2c3ccccc3c3cc(-c4ccc5sc6ccccc6c5c4)c(N(c4ccc(-c5ccc6ccccc6c5)cc4)c4ccc(-c5ccc6ccccc6c5)cc4)cc32)cc1. The van der Waals surface area contributed by atoms with Gasteiger partial charge in [0.15, 0.2) is 0 Å². The summed E-state index contributed by atoms with van der Waals surface area (Å²) in [6, 6.07) is 89.3. The van der Waals surface area contributed by atoms with Gasteiger partial charge in [-0.15, -0.1) is 11.3 Å². The van der Waals surface area contributed by atoms with Gasteiger partial charge in [-0.1, -0.05) is 158 Å². The van der Waals surface area contributed by atoms with Crippen LogP contribution in [0.15, 0.2) is 243 Å². The number of rotatable bonds is 7. The molecule has 0 aliphatic carbocycles. The average Bonchev–Trinajstić information content (AvgIpc) is 3.91. The molecule has 0 saturated carbocycles. The highest BCUT2D eigenvalue weighted by Gasteiger charge is 2.23. The third-order valence-corrected chi connectivity index (χ3v) is 14.3. The van der Waals surface area contributed by atoms with Crippen LogP contribution in [0.5, 0.6) is 0 Å². The van der Waals surface area contributed by atoms with Crippen molar-refractivity contribution in [1.29, 1.82) is 0 Å². The maximum Gasteiger partial charge on any atom is 0.0562 e. The molecule has 304 valence electrons. The van der Waals surface area contributed by atoms with Crippen LogP contribution >= 0.6 is 11.3 Å². The first kappa shape index (κ1) is 37.3. The number of hydrogen-bond donors (Lipinski definition) is 0. The second-order valence-electron chi connectivity index (χ2n) is 16.9. The number of anilines is 3. The van der Waals surface area contributed by atoms with E-state index in [1.54, 1.807) is 0 Å². The van der Waals surface area contributed by atoms with Gasteiger partial charge in [-0.2, -0.15) is 0 Å². The van der Waals surface area contributed by atoms with E-state index >= 15 is 0 Å². The Balaban J connectivity index is 1.06. The van der Waals surface area contributed by atoms with Crippen LogP contribution in [0, 0.1) is 0 Å². The van der Waals surface area contributed by atoms with Crippen molar-refractivity contribution >= 4 is 91.9 Å². The molecule has 11 aromatic carbocycles. The van der Waals surface area contributed by atoms with Gasteiger partial charge in [0.25, 0.3) is 0 Å². The van der Waals surface area contributed by atoms with E-state index in [0.29, 0.717) is 0 Å². The number of para-hydroxylation sites is 2. The predicted molar refractivity (Wildman–Crippen MR) is 280 cm³/mol. The number of aromatic nitrogens is 1. The van der Waals surface area contributed by atoms with Crippen molar-refractivity contribution in [3.8, 4) is 39.1 Å². The Bertz CT molecular complexity index is 3810. The molecule has 13 rings (SSSR count). The number of nitrogens with zero attached hydrogens (tertiary/aromatic N) is 2. The van der Waals surface area contributed by atoms with Crippen molar-refractivity contribution in [3.05, 3.63) is 243 Å². The maximum absolute atomic E-state index is 2.46. The smallest absolute Gasteiger partial charge is 0.0562 e. The molecule has 2 heterocycles. The van der Waals surface area contributed by atoms with Crippen LogP contribution in [0.2, 0.25) is 0 Å². The van der Waals surface area contributed by atoms with Crippen LogP contribution < -0.4 is 4.90 Å². The van der Waals surface area contributed by atoms with Gasteiger partial charge in [-0.25, -0.2) is 0 Å². The third kappa shape index (κ3) is 6.39. The van der Waals surface area contributed by atoms with Crippen LogP contribution in [-0.4, -0.2) is 4.57 Å². The minimum absolute atomic E-state index is 1.08. The molecule has 0 bridgehead atoms. The minimum Gasteiger partial charge on any atom is -0.310 e. The molecule has 0 radical (unpaired) electrons. The average molecular weight is 845 g/mol. The highest BCUT2D eigenvalue weighted by Crippen LogP contribution is 2.47. The van der Waals surface area contributed by atoms with E-state index in [4.69, 9.17) is 0 Å². The molecule has 0 amide bonds. The lowest BCUT2D eigenvalue weighted by Crippen LogP contribution is -2.11. The van der Waals surface area contributed by atoms with Gasteiger partial charge in [0.1, 0.15) is 0 Å². The van der Waals surface area contributed by atoms with E-state index in [1.165, 1.54) is 91.4 Å². The highest BCUT2D eigenvalue weighted by molar-refractivity contribution is 7.25. The van der Waals surface area contributed by atoms with E-state index in [1.807, 2.05) is 11.3 Å². The zero-order valence-electron chi connectivity index (χ0n) is 35.4. The predicted octanol–water partition coefficient (Wildman–Crippen LogP) is 17.9. The molecule has 0 aliphatic rings. The Morgan fingerprint density at radius 3 is 1.49 bits per heavy atom. The van der Waals surface area contributed by atoms with Crippen LogP contribution in [-0.2, 0) is 0 Å². The fraction of sp³-hybridized carbons (Fsp3) is 0. The Morgan fingerprint density at radius 2 is 0.831 bits per heavy atom. The van der Waals surface area contributed by atoms with E-state index in [9.17, 15) is 0 Å². The molecule has 13 aromatic rings. The van der Waals surface area contributed by atoms with Crippen LogP contribution in [0.25, 0.3) is 103 Å². The third-order valence-electron chi connectivity index (χ3n) is 13.1. The van der Waals surface area contributed by atoms with Gasteiger partial charge in [-0.05, 0) is 134 Å². The first-order valence-electron chi connectivity index (χ1n) is 22.2. The standard InChI is InChI=1S/C62H40N2S/c1-2-16-50(17-3-1)64-58-20-10-8-18-53(58)56-39-55(49-30-35-62-57(38-49)54-19-9-11-21-61(54)65-62)59(40-60(56)64)63(51-31-26-43(27-32-51)47-24-22-41-12-4-6-14-45(41)36-47)52-33-28-44(29-34-52)48-25-23-42-13-5-7-15-46(42)37-48/h1-40H. The molecule has 0 spiro atoms. The quantitative estimate of drug-likeness (QED) is 0.155. The fourth-order valence-corrected chi connectivity index (χ4v) is 11.0. The number of hydrogen-bond acceptors (Lipinski definition) is 2. The van der Waals surface area contributed by atoms with E-state index in [-0.39, 0.29) is 0 Å². The molecule has 0 fully saturated rings. The molecule has 0 aliphatic heterocycles.